The van der Waals surface area contributed by atoms with Crippen molar-refractivity contribution in [3.05, 3.63) is 66.5 Å². The standard InChI is InChI=1S/C17H17N3S/c1-20-11-10-19-17(20)14-8-5-9-15(18)16(14)21-12-13-6-3-2-4-7-13/h2-11H,12,18H2,1H3. The van der Waals surface area contributed by atoms with Crippen molar-refractivity contribution in [2.75, 3.05) is 5.73 Å². The predicted molar refractivity (Wildman–Crippen MR) is 89.1 cm³/mol. The van der Waals surface area contributed by atoms with Crippen molar-refractivity contribution >= 4 is 17.4 Å². The van der Waals surface area contributed by atoms with Gasteiger partial charge in [-0.15, -0.1) is 11.8 Å². The molecule has 2 N–H and O–H groups in total. The topological polar surface area (TPSA) is 43.8 Å². The summed E-state index contributed by atoms with van der Waals surface area (Å²) in [6, 6.07) is 16.4. The smallest absolute Gasteiger partial charge is 0.140 e. The van der Waals surface area contributed by atoms with E-state index in [0.29, 0.717) is 0 Å². The quantitative estimate of drug-likeness (QED) is 0.585. The van der Waals surface area contributed by atoms with Gasteiger partial charge in [-0.1, -0.05) is 36.4 Å². The lowest BCUT2D eigenvalue weighted by atomic mass is 10.2. The van der Waals surface area contributed by atoms with Crippen LogP contribution in [0.15, 0.2) is 65.8 Å². The Balaban J connectivity index is 1.93. The van der Waals surface area contributed by atoms with Crippen molar-refractivity contribution in [1.82, 2.24) is 9.55 Å². The number of hydrogen-bond acceptors (Lipinski definition) is 3. The van der Waals surface area contributed by atoms with Gasteiger partial charge in [0.2, 0.25) is 0 Å². The number of rotatable bonds is 4. The molecule has 3 aromatic rings. The van der Waals surface area contributed by atoms with Crippen LogP contribution in [0, 0.1) is 0 Å². The second-order valence-corrected chi connectivity index (χ2v) is 5.85. The molecule has 3 nitrogen and oxygen atoms in total. The van der Waals surface area contributed by atoms with Gasteiger partial charge in [0.05, 0.1) is 0 Å². The molecule has 0 spiro atoms. The summed E-state index contributed by atoms with van der Waals surface area (Å²) >= 11 is 1.76. The Morgan fingerprint density at radius 3 is 2.62 bits per heavy atom. The summed E-state index contributed by atoms with van der Waals surface area (Å²) in [6.07, 6.45) is 3.76. The molecule has 0 bridgehead atoms. The van der Waals surface area contributed by atoms with E-state index in [2.05, 4.69) is 35.3 Å². The molecule has 0 fully saturated rings. The zero-order valence-corrected chi connectivity index (χ0v) is 12.7. The second kappa shape index (κ2) is 6.06. The number of nitrogen functional groups attached to an aromatic ring is 1. The lowest BCUT2D eigenvalue weighted by Crippen LogP contribution is -1.97. The van der Waals surface area contributed by atoms with Crippen LogP contribution in [0.25, 0.3) is 11.4 Å². The van der Waals surface area contributed by atoms with Gasteiger partial charge in [-0.05, 0) is 17.7 Å². The van der Waals surface area contributed by atoms with Gasteiger partial charge in [-0.3, -0.25) is 0 Å². The van der Waals surface area contributed by atoms with Gasteiger partial charge in [0.1, 0.15) is 5.82 Å². The van der Waals surface area contributed by atoms with E-state index in [1.165, 1.54) is 5.56 Å². The van der Waals surface area contributed by atoms with Crippen LogP contribution in [0.3, 0.4) is 0 Å². The van der Waals surface area contributed by atoms with E-state index >= 15 is 0 Å². The van der Waals surface area contributed by atoms with Gasteiger partial charge >= 0.3 is 0 Å². The minimum Gasteiger partial charge on any atom is -0.398 e. The first kappa shape index (κ1) is 13.8. The number of imidazole rings is 1. The van der Waals surface area contributed by atoms with Gasteiger partial charge in [0.15, 0.2) is 0 Å². The molecule has 0 saturated carbocycles. The lowest BCUT2D eigenvalue weighted by Gasteiger charge is -2.12. The van der Waals surface area contributed by atoms with Crippen molar-refractivity contribution in [2.45, 2.75) is 10.6 Å². The average molecular weight is 295 g/mol. The third-order valence-electron chi connectivity index (χ3n) is 3.33. The summed E-state index contributed by atoms with van der Waals surface area (Å²) in [6.45, 7) is 0. The van der Waals surface area contributed by atoms with E-state index < -0.39 is 0 Å². The maximum atomic E-state index is 6.18. The molecule has 0 radical (unpaired) electrons. The summed E-state index contributed by atoms with van der Waals surface area (Å²) in [5, 5.41) is 0. The number of thioether (sulfide) groups is 1. The number of aryl methyl sites for hydroxylation is 1. The Morgan fingerprint density at radius 1 is 1.10 bits per heavy atom. The fraction of sp³-hybridized carbons (Fsp3) is 0.118. The molecule has 1 heterocycles. The van der Waals surface area contributed by atoms with Gasteiger partial charge in [-0.25, -0.2) is 4.98 Å². The Labute approximate surface area is 128 Å². The Morgan fingerprint density at radius 2 is 1.90 bits per heavy atom. The van der Waals surface area contributed by atoms with Gasteiger partial charge in [0.25, 0.3) is 0 Å². The number of anilines is 1. The van der Waals surface area contributed by atoms with E-state index in [-0.39, 0.29) is 0 Å². The molecule has 3 rings (SSSR count). The van der Waals surface area contributed by atoms with E-state index in [0.717, 1.165) is 27.7 Å². The first-order chi connectivity index (χ1) is 10.3. The van der Waals surface area contributed by atoms with Crippen LogP contribution >= 0.6 is 11.8 Å². The molecular formula is C17H17N3S. The highest BCUT2D eigenvalue weighted by Crippen LogP contribution is 2.36. The SMILES string of the molecule is Cn1ccnc1-c1cccc(N)c1SCc1ccccc1. The van der Waals surface area contributed by atoms with Crippen molar-refractivity contribution in [2.24, 2.45) is 7.05 Å². The fourth-order valence-electron chi connectivity index (χ4n) is 2.25. The Kier molecular flexibility index (Phi) is 3.97. The molecule has 1 aromatic heterocycles. The largest absolute Gasteiger partial charge is 0.398 e. The zero-order chi connectivity index (χ0) is 14.7. The van der Waals surface area contributed by atoms with Gasteiger partial charge in [-0.2, -0.15) is 0 Å². The molecule has 0 unspecified atom stereocenters. The Bertz CT molecular complexity index is 735. The number of benzene rings is 2. The van der Waals surface area contributed by atoms with Crippen molar-refractivity contribution in [3.8, 4) is 11.4 Å². The monoisotopic (exact) mass is 295 g/mol. The summed E-state index contributed by atoms with van der Waals surface area (Å²) < 4.78 is 2.02. The van der Waals surface area contributed by atoms with Crippen molar-refractivity contribution < 1.29 is 0 Å². The Hall–Kier alpha value is -2.20. The zero-order valence-electron chi connectivity index (χ0n) is 11.9. The van der Waals surface area contributed by atoms with Crippen molar-refractivity contribution in [3.63, 3.8) is 0 Å². The van der Waals surface area contributed by atoms with Gasteiger partial charge < -0.3 is 10.3 Å². The minimum absolute atomic E-state index is 0.802. The fourth-order valence-corrected chi connectivity index (χ4v) is 3.30. The molecule has 106 valence electrons. The van der Waals surface area contributed by atoms with E-state index in [1.54, 1.807) is 11.8 Å². The third-order valence-corrected chi connectivity index (χ3v) is 4.56. The maximum Gasteiger partial charge on any atom is 0.140 e. The van der Waals surface area contributed by atoms with Crippen LogP contribution in [-0.2, 0) is 12.8 Å². The molecule has 0 aliphatic carbocycles. The van der Waals surface area contributed by atoms with Crippen LogP contribution < -0.4 is 5.73 Å². The minimum atomic E-state index is 0.802. The third kappa shape index (κ3) is 2.95. The lowest BCUT2D eigenvalue weighted by molar-refractivity contribution is 0.921. The van der Waals surface area contributed by atoms with Crippen molar-refractivity contribution in [1.29, 1.82) is 0 Å². The molecule has 4 heteroatoms. The van der Waals surface area contributed by atoms with E-state index in [1.807, 2.05) is 42.2 Å². The van der Waals surface area contributed by atoms with Gasteiger partial charge in [0, 0.05) is 41.3 Å². The molecule has 0 aliphatic heterocycles. The molecular weight excluding hydrogens is 278 g/mol. The molecule has 0 amide bonds. The second-order valence-electron chi connectivity index (χ2n) is 4.86. The van der Waals surface area contributed by atoms with Crippen LogP contribution in [0.5, 0.6) is 0 Å². The summed E-state index contributed by atoms with van der Waals surface area (Å²) in [5.41, 5.74) is 9.36. The highest BCUT2D eigenvalue weighted by molar-refractivity contribution is 7.98. The van der Waals surface area contributed by atoms with Crippen LogP contribution in [0.2, 0.25) is 0 Å². The highest BCUT2D eigenvalue weighted by Gasteiger charge is 2.12. The summed E-state index contributed by atoms with van der Waals surface area (Å²) in [5.74, 6) is 1.84. The highest BCUT2D eigenvalue weighted by atomic mass is 32.2. The van der Waals surface area contributed by atoms with Crippen LogP contribution in [0.1, 0.15) is 5.56 Å². The van der Waals surface area contributed by atoms with Crippen LogP contribution in [0.4, 0.5) is 5.69 Å². The normalized spacial score (nSPS) is 10.7. The molecule has 0 atom stereocenters. The number of nitrogens with two attached hydrogens (primary N) is 1. The first-order valence-corrected chi connectivity index (χ1v) is 7.77. The maximum absolute atomic E-state index is 6.18. The van der Waals surface area contributed by atoms with Crippen LogP contribution in [-0.4, -0.2) is 9.55 Å². The number of aromatic nitrogens is 2. The molecule has 0 aliphatic rings. The molecule has 21 heavy (non-hydrogen) atoms. The number of hydrogen-bond donors (Lipinski definition) is 1. The average Bonchev–Trinajstić information content (AvgIpc) is 2.93. The predicted octanol–water partition coefficient (Wildman–Crippen LogP) is 3.96. The number of nitrogens with zero attached hydrogens (tertiary/aromatic N) is 2. The van der Waals surface area contributed by atoms with E-state index in [9.17, 15) is 0 Å². The van der Waals surface area contributed by atoms with E-state index in [4.69, 9.17) is 5.73 Å². The molecule has 2 aromatic carbocycles. The summed E-state index contributed by atoms with van der Waals surface area (Å²) in [7, 11) is 2.00. The first-order valence-electron chi connectivity index (χ1n) is 6.78. The molecule has 0 saturated heterocycles. The summed E-state index contributed by atoms with van der Waals surface area (Å²) in [4.78, 5) is 5.53.